The maximum absolute atomic E-state index is 12.5. The van der Waals surface area contributed by atoms with E-state index in [0.717, 1.165) is 6.42 Å². The number of alkyl carbamates (subject to hydrolysis) is 1. The molecule has 26 heavy (non-hydrogen) atoms. The molecule has 0 aromatic heterocycles. The number of thioether (sulfide) groups is 1. The summed E-state index contributed by atoms with van der Waals surface area (Å²) < 4.78 is 7.82. The van der Waals surface area contributed by atoms with Crippen LogP contribution in [0.1, 0.15) is 46.5 Å². The van der Waals surface area contributed by atoms with Crippen molar-refractivity contribution in [2.24, 2.45) is 5.73 Å². The molecule has 10 heteroatoms. The Morgan fingerprint density at radius 3 is 2.35 bits per heavy atom. The van der Waals surface area contributed by atoms with E-state index in [2.05, 4.69) is 9.65 Å². The number of nitrogens with one attached hydrogen (secondary N) is 2. The third-order valence-corrected chi connectivity index (χ3v) is 5.64. The Morgan fingerprint density at radius 2 is 1.85 bits per heavy atom. The van der Waals surface area contributed by atoms with Gasteiger partial charge in [0.05, 0.1) is 0 Å². The predicted molar refractivity (Wildman–Crippen MR) is 104 cm³/mol. The fourth-order valence-corrected chi connectivity index (χ4v) is 4.00. The Balaban J connectivity index is 4.75. The third kappa shape index (κ3) is 12.5. The number of ether oxygens (including phenoxy) is 1. The molecule has 0 saturated carbocycles. The number of carboxylic acids is 1. The fourth-order valence-electron chi connectivity index (χ4n) is 1.86. The molecular weight excluding hydrogens is 425 g/mol. The van der Waals surface area contributed by atoms with Gasteiger partial charge in [0.2, 0.25) is 0 Å². The Bertz CT molecular complexity index is 460. The van der Waals surface area contributed by atoms with E-state index in [1.165, 1.54) is 0 Å². The van der Waals surface area contributed by atoms with Crippen LogP contribution in [-0.4, -0.2) is 73.3 Å². The van der Waals surface area contributed by atoms with E-state index in [-0.39, 0.29) is 4.68 Å². The number of amides is 1. The predicted octanol–water partition coefficient (Wildman–Crippen LogP) is 0.950. The first-order chi connectivity index (χ1) is 12.1. The Labute approximate surface area is 166 Å². The molecule has 0 aromatic carbocycles. The summed E-state index contributed by atoms with van der Waals surface area (Å²) in [6, 6.07) is -1.48. The van der Waals surface area contributed by atoms with Crippen molar-refractivity contribution >= 4 is 43.7 Å². The number of nitrogens with two attached hydrogens (primary N) is 1. The van der Waals surface area contributed by atoms with E-state index in [0.29, 0.717) is 31.6 Å². The van der Waals surface area contributed by atoms with Crippen LogP contribution in [0.4, 0.5) is 4.79 Å². The van der Waals surface area contributed by atoms with Crippen LogP contribution in [0.2, 0.25) is 0 Å². The molecule has 0 radical (unpaired) electrons. The minimum atomic E-state index is -0.978. The van der Waals surface area contributed by atoms with Gasteiger partial charge >= 0.3 is 166 Å². The van der Waals surface area contributed by atoms with E-state index >= 15 is 0 Å². The number of carbonyl (C=O) groups excluding carboxylic acids is 2. The third-order valence-electron chi connectivity index (χ3n) is 3.13. The summed E-state index contributed by atoms with van der Waals surface area (Å²) in [5, 5.41) is 11.8. The van der Waals surface area contributed by atoms with Gasteiger partial charge in [-0.05, 0) is 0 Å². The van der Waals surface area contributed by atoms with Gasteiger partial charge in [-0.2, -0.15) is 0 Å². The topological polar surface area (TPSA) is 131 Å². The van der Waals surface area contributed by atoms with Crippen LogP contribution in [0, 0.1) is 0 Å². The fraction of sp³-hybridized carbons (Fsp3) is 0.812. The summed E-state index contributed by atoms with van der Waals surface area (Å²) in [7, 11) is 0. The number of carbonyl (C=O) groups is 3. The molecule has 0 unspecified atom stereocenters. The van der Waals surface area contributed by atoms with Crippen molar-refractivity contribution < 1.29 is 24.2 Å². The number of unbranched alkanes of at least 4 members (excludes halogenated alkanes) is 1. The number of aliphatic carboxylic acids is 1. The summed E-state index contributed by atoms with van der Waals surface area (Å²) in [5.74, 6) is -0.293. The molecule has 0 bridgehead atoms. The molecule has 0 saturated heterocycles. The van der Waals surface area contributed by atoms with Gasteiger partial charge in [0.15, 0.2) is 0 Å². The van der Waals surface area contributed by atoms with Gasteiger partial charge in [-0.3, -0.25) is 0 Å². The average Bonchev–Trinajstić information content (AvgIpc) is 2.51. The van der Waals surface area contributed by atoms with E-state index in [4.69, 9.17) is 10.5 Å². The van der Waals surface area contributed by atoms with Crippen LogP contribution in [0.5, 0.6) is 0 Å². The van der Waals surface area contributed by atoms with Gasteiger partial charge in [0.1, 0.15) is 0 Å². The second-order valence-corrected chi connectivity index (χ2v) is 9.45. The van der Waals surface area contributed by atoms with Gasteiger partial charge < -0.3 is 0 Å². The monoisotopic (exact) mass is 457 g/mol. The zero-order chi connectivity index (χ0) is 20.2. The number of rotatable bonds is 13. The van der Waals surface area contributed by atoms with Crippen LogP contribution >= 0.6 is 11.8 Å². The van der Waals surface area contributed by atoms with Crippen molar-refractivity contribution in [3.63, 3.8) is 0 Å². The quantitative estimate of drug-likeness (QED) is 0.238. The Morgan fingerprint density at radius 1 is 1.19 bits per heavy atom. The van der Waals surface area contributed by atoms with E-state index in [1.54, 1.807) is 32.5 Å². The number of carboxylic acid groups (broad SMARTS) is 1. The average molecular weight is 456 g/mol. The minimum absolute atomic E-state index is 0.212. The standard InChI is InChI=1S/C16H31N3O5SSe/c1-16(2,3)24-15(23)18-12(7-5-6-9-17)14(22)26-19-11(13(20)21)8-10-25-4/h11-12,19H,5-10,17H2,1-4H3,(H,18,23)(H,20,21)/t11-,12-/m0/s1. The molecule has 0 aliphatic carbocycles. The molecule has 2 atom stereocenters. The molecular formula is C16H31N3O5SSe. The van der Waals surface area contributed by atoms with Gasteiger partial charge in [0, 0.05) is 0 Å². The van der Waals surface area contributed by atoms with Gasteiger partial charge in [-0.25, -0.2) is 0 Å². The first-order valence-electron chi connectivity index (χ1n) is 8.48. The molecule has 0 aliphatic heterocycles. The van der Waals surface area contributed by atoms with Crippen molar-refractivity contribution in [2.45, 2.75) is 64.1 Å². The van der Waals surface area contributed by atoms with E-state index in [9.17, 15) is 19.5 Å². The Hall–Kier alpha value is -0.801. The molecule has 0 aromatic rings. The zero-order valence-electron chi connectivity index (χ0n) is 15.9. The molecule has 0 heterocycles. The molecule has 5 N–H and O–H groups in total. The van der Waals surface area contributed by atoms with Crippen LogP contribution in [0.15, 0.2) is 0 Å². The molecule has 0 fully saturated rings. The van der Waals surface area contributed by atoms with Gasteiger partial charge in [-0.1, -0.05) is 0 Å². The normalized spacial score (nSPS) is 13.7. The first-order valence-corrected chi connectivity index (χ1v) is 11.6. The number of hydrogen-bond donors (Lipinski definition) is 4. The van der Waals surface area contributed by atoms with E-state index < -0.39 is 44.9 Å². The molecule has 152 valence electrons. The molecule has 0 aliphatic rings. The van der Waals surface area contributed by atoms with Crippen molar-refractivity contribution in [1.82, 2.24) is 9.65 Å². The summed E-state index contributed by atoms with van der Waals surface area (Å²) in [4.78, 5) is 35.7. The van der Waals surface area contributed by atoms with Crippen LogP contribution in [0.3, 0.4) is 0 Å². The molecule has 0 spiro atoms. The second kappa shape index (κ2) is 13.4. The molecule has 1 amide bonds. The number of hydrogen-bond acceptors (Lipinski definition) is 7. The Kier molecular flexibility index (Phi) is 13.0. The van der Waals surface area contributed by atoms with Crippen molar-refractivity contribution in [3.05, 3.63) is 0 Å². The summed E-state index contributed by atoms with van der Waals surface area (Å²) in [5.41, 5.74) is 4.82. The summed E-state index contributed by atoms with van der Waals surface area (Å²) in [6.07, 6.45) is 3.55. The van der Waals surface area contributed by atoms with Crippen LogP contribution < -0.4 is 15.4 Å². The zero-order valence-corrected chi connectivity index (χ0v) is 18.4. The van der Waals surface area contributed by atoms with Crippen LogP contribution in [0.25, 0.3) is 0 Å². The van der Waals surface area contributed by atoms with E-state index in [1.807, 2.05) is 6.26 Å². The maximum atomic E-state index is 12.5. The van der Waals surface area contributed by atoms with Gasteiger partial charge in [0.25, 0.3) is 0 Å². The SMILES string of the molecule is CSCC[C@H](N[Se]C(=O)[C@H](CCCCN)NC(=O)OC(C)(C)C)C(=O)O. The molecule has 0 rings (SSSR count). The second-order valence-electron chi connectivity index (χ2n) is 6.69. The summed E-state index contributed by atoms with van der Waals surface area (Å²) in [6.45, 7) is 5.73. The van der Waals surface area contributed by atoms with Crippen molar-refractivity contribution in [2.75, 3.05) is 18.6 Å². The van der Waals surface area contributed by atoms with Gasteiger partial charge in [-0.15, -0.1) is 0 Å². The van der Waals surface area contributed by atoms with Crippen molar-refractivity contribution in [3.8, 4) is 0 Å². The summed E-state index contributed by atoms with van der Waals surface area (Å²) >= 11 is 0.788. The van der Waals surface area contributed by atoms with Crippen molar-refractivity contribution in [1.29, 1.82) is 0 Å². The molecule has 8 nitrogen and oxygen atoms in total. The first kappa shape index (κ1) is 25.2. The van der Waals surface area contributed by atoms with Crippen LogP contribution in [-0.2, 0) is 14.3 Å².